The van der Waals surface area contributed by atoms with Gasteiger partial charge in [-0.2, -0.15) is 0 Å². The van der Waals surface area contributed by atoms with Crippen LogP contribution in [0.15, 0.2) is 18.2 Å². The van der Waals surface area contributed by atoms with Gasteiger partial charge in [0, 0.05) is 12.5 Å². The fourth-order valence-electron chi connectivity index (χ4n) is 1.57. The summed E-state index contributed by atoms with van der Waals surface area (Å²) >= 11 is 5.45. The lowest BCUT2D eigenvalue weighted by Gasteiger charge is -2.17. The van der Waals surface area contributed by atoms with E-state index in [0.717, 1.165) is 0 Å². The topological polar surface area (TPSA) is 55.8 Å². The maximum absolute atomic E-state index is 11.5. The number of aliphatic hydroxyl groups is 1. The van der Waals surface area contributed by atoms with E-state index in [1.807, 2.05) is 0 Å². The number of halogens is 1. The average molecular weight is 257 g/mol. The first-order chi connectivity index (χ1) is 8.20. The zero-order valence-electron chi connectivity index (χ0n) is 9.19. The van der Waals surface area contributed by atoms with Crippen LogP contribution in [0.5, 0.6) is 11.5 Å². The second-order valence-electron chi connectivity index (χ2n) is 3.80. The number of alkyl halides is 1. The van der Waals surface area contributed by atoms with Crippen molar-refractivity contribution in [2.45, 2.75) is 12.5 Å². The van der Waals surface area contributed by atoms with Crippen molar-refractivity contribution in [1.29, 1.82) is 0 Å². The van der Waals surface area contributed by atoms with Crippen LogP contribution in [0.1, 0.15) is 16.8 Å². The molecule has 0 radical (unpaired) electrons. The molecule has 0 aliphatic carbocycles. The van der Waals surface area contributed by atoms with Gasteiger partial charge in [0.15, 0.2) is 5.78 Å². The Morgan fingerprint density at radius 1 is 1.53 bits per heavy atom. The minimum Gasteiger partial charge on any atom is -0.492 e. The molecule has 1 N–H and O–H groups in total. The number of rotatable bonds is 4. The molecule has 2 rings (SSSR count). The Morgan fingerprint density at radius 3 is 3.12 bits per heavy atom. The predicted molar refractivity (Wildman–Crippen MR) is 63.1 cm³/mol. The molecule has 4 nitrogen and oxygen atoms in total. The summed E-state index contributed by atoms with van der Waals surface area (Å²) in [6.07, 6.45) is -0.284. The highest BCUT2D eigenvalue weighted by molar-refractivity contribution is 6.18. The molecule has 0 aromatic heterocycles. The van der Waals surface area contributed by atoms with Crippen LogP contribution in [-0.4, -0.2) is 36.1 Å². The molecule has 5 heteroatoms. The first-order valence-corrected chi connectivity index (χ1v) is 5.91. The van der Waals surface area contributed by atoms with Gasteiger partial charge in [-0.3, -0.25) is 4.79 Å². The number of ketones is 1. The maximum Gasteiger partial charge on any atom is 0.169 e. The molecule has 17 heavy (non-hydrogen) atoms. The van der Waals surface area contributed by atoms with Crippen LogP contribution in [0, 0.1) is 0 Å². The second-order valence-corrected chi connectivity index (χ2v) is 4.11. The molecule has 0 fully saturated rings. The lowest BCUT2D eigenvalue weighted by molar-refractivity contribution is 0.0932. The van der Waals surface area contributed by atoms with Crippen molar-refractivity contribution < 1.29 is 19.4 Å². The Morgan fingerprint density at radius 2 is 2.35 bits per heavy atom. The van der Waals surface area contributed by atoms with E-state index in [0.29, 0.717) is 30.1 Å². The zero-order chi connectivity index (χ0) is 12.3. The lowest BCUT2D eigenvalue weighted by atomic mass is 10.1. The second kappa shape index (κ2) is 5.38. The third-order valence-electron chi connectivity index (χ3n) is 2.46. The van der Waals surface area contributed by atoms with Crippen LogP contribution in [0.4, 0.5) is 0 Å². The van der Waals surface area contributed by atoms with E-state index >= 15 is 0 Å². The van der Waals surface area contributed by atoms with Crippen LogP contribution in [0.2, 0.25) is 0 Å². The number of carbonyl (C=O) groups excluding carboxylic acids is 1. The first-order valence-electron chi connectivity index (χ1n) is 5.37. The maximum atomic E-state index is 11.5. The average Bonchev–Trinajstić information content (AvgIpc) is 2.36. The van der Waals surface area contributed by atoms with E-state index in [9.17, 15) is 9.90 Å². The fraction of sp³-hybridized carbons (Fsp3) is 0.417. The Hall–Kier alpha value is -1.26. The molecule has 1 aliphatic heterocycles. The van der Waals surface area contributed by atoms with Crippen molar-refractivity contribution in [1.82, 2.24) is 0 Å². The van der Waals surface area contributed by atoms with Gasteiger partial charge in [-0.15, -0.1) is 11.6 Å². The lowest BCUT2D eigenvalue weighted by Crippen LogP contribution is -2.19. The van der Waals surface area contributed by atoms with Gasteiger partial charge in [0.2, 0.25) is 0 Å². The predicted octanol–water partition coefficient (Wildman–Crippen LogP) is 1.63. The molecule has 92 valence electrons. The number of aliphatic hydroxyl groups excluding tert-OH is 1. The Bertz CT molecular complexity index is 419. The summed E-state index contributed by atoms with van der Waals surface area (Å²) in [7, 11) is 0. The monoisotopic (exact) mass is 256 g/mol. The van der Waals surface area contributed by atoms with E-state index < -0.39 is 6.10 Å². The van der Waals surface area contributed by atoms with Gasteiger partial charge in [0.1, 0.15) is 24.2 Å². The van der Waals surface area contributed by atoms with Crippen LogP contribution in [0.3, 0.4) is 0 Å². The van der Waals surface area contributed by atoms with Crippen LogP contribution < -0.4 is 9.47 Å². The van der Waals surface area contributed by atoms with Crippen molar-refractivity contribution in [2.75, 3.05) is 19.1 Å². The molecule has 1 heterocycles. The number of hydrogen-bond donors (Lipinski definition) is 1. The molecule has 0 amide bonds. The van der Waals surface area contributed by atoms with E-state index in [2.05, 4.69) is 0 Å². The number of carbonyl (C=O) groups is 1. The zero-order valence-corrected chi connectivity index (χ0v) is 9.94. The summed E-state index contributed by atoms with van der Waals surface area (Å²) in [4.78, 5) is 11.5. The van der Waals surface area contributed by atoms with E-state index in [1.54, 1.807) is 18.2 Å². The summed E-state index contributed by atoms with van der Waals surface area (Å²) in [5.74, 6) is 1.31. The molecule has 1 unspecified atom stereocenters. The number of fused-ring (bicyclic) bond motifs is 1. The third-order valence-corrected chi connectivity index (χ3v) is 2.82. The van der Waals surface area contributed by atoms with Gasteiger partial charge < -0.3 is 14.6 Å². The van der Waals surface area contributed by atoms with Gasteiger partial charge in [0.25, 0.3) is 0 Å². The van der Waals surface area contributed by atoms with Crippen molar-refractivity contribution >= 4 is 17.4 Å². The molecule has 1 atom stereocenters. The SMILES string of the molecule is O=C1CCOc2cc(OCC(O)CCl)ccc21. The summed E-state index contributed by atoms with van der Waals surface area (Å²) in [6.45, 7) is 0.524. The number of Topliss-reactive ketones (excluding diaryl/α,β-unsaturated/α-hetero) is 1. The van der Waals surface area contributed by atoms with Crippen LogP contribution in [0.25, 0.3) is 0 Å². The van der Waals surface area contributed by atoms with Crippen LogP contribution in [-0.2, 0) is 0 Å². The quantitative estimate of drug-likeness (QED) is 0.832. The van der Waals surface area contributed by atoms with Gasteiger partial charge in [-0.1, -0.05) is 0 Å². The molecule has 1 aliphatic rings. The molecule has 0 bridgehead atoms. The van der Waals surface area contributed by atoms with E-state index in [4.69, 9.17) is 21.1 Å². The fourth-order valence-corrected chi connectivity index (χ4v) is 1.66. The number of benzene rings is 1. The van der Waals surface area contributed by atoms with Crippen molar-refractivity contribution in [3.63, 3.8) is 0 Å². The Labute approximate surface area is 104 Å². The third kappa shape index (κ3) is 2.90. The highest BCUT2D eigenvalue weighted by atomic mass is 35.5. The van der Waals surface area contributed by atoms with Crippen molar-refractivity contribution in [2.24, 2.45) is 0 Å². The van der Waals surface area contributed by atoms with Gasteiger partial charge >= 0.3 is 0 Å². The Kier molecular flexibility index (Phi) is 3.86. The number of ether oxygens (including phenoxy) is 2. The molecule has 1 aromatic carbocycles. The van der Waals surface area contributed by atoms with Gasteiger partial charge in [0.05, 0.1) is 18.1 Å². The first kappa shape index (κ1) is 12.2. The highest BCUT2D eigenvalue weighted by Gasteiger charge is 2.18. The normalized spacial score (nSPS) is 16.0. The smallest absolute Gasteiger partial charge is 0.169 e. The Balaban J connectivity index is 2.08. The van der Waals surface area contributed by atoms with E-state index in [-0.39, 0.29) is 18.3 Å². The number of hydrogen-bond acceptors (Lipinski definition) is 4. The molecule has 1 aromatic rings. The minimum absolute atomic E-state index is 0.0820. The summed E-state index contributed by atoms with van der Waals surface area (Å²) in [5.41, 5.74) is 0.585. The van der Waals surface area contributed by atoms with Crippen molar-refractivity contribution in [3.8, 4) is 11.5 Å². The van der Waals surface area contributed by atoms with Crippen LogP contribution >= 0.6 is 11.6 Å². The van der Waals surface area contributed by atoms with Gasteiger partial charge in [-0.25, -0.2) is 0 Å². The molecular weight excluding hydrogens is 244 g/mol. The molecule has 0 saturated carbocycles. The standard InChI is InChI=1S/C12H13ClO4/c13-6-8(14)7-17-9-1-2-10-11(15)3-4-16-12(10)5-9/h1-2,5,8,14H,3-4,6-7H2. The summed E-state index contributed by atoms with van der Waals surface area (Å²) in [5, 5.41) is 9.26. The highest BCUT2D eigenvalue weighted by Crippen LogP contribution is 2.29. The largest absolute Gasteiger partial charge is 0.492 e. The molecular formula is C12H13ClO4. The summed E-state index contributed by atoms with van der Waals surface area (Å²) < 4.78 is 10.7. The van der Waals surface area contributed by atoms with E-state index in [1.165, 1.54) is 0 Å². The minimum atomic E-state index is -0.699. The molecule has 0 spiro atoms. The molecule has 0 saturated heterocycles. The van der Waals surface area contributed by atoms with Crippen molar-refractivity contribution in [3.05, 3.63) is 23.8 Å². The summed E-state index contributed by atoms with van der Waals surface area (Å²) in [6, 6.07) is 5.03. The van der Waals surface area contributed by atoms with Gasteiger partial charge in [-0.05, 0) is 12.1 Å².